The minimum atomic E-state index is -0.733. The molecular formula is C19H15N3O5S. The second kappa shape index (κ2) is 7.35. The van der Waals surface area contributed by atoms with E-state index in [2.05, 4.69) is 10.3 Å². The van der Waals surface area contributed by atoms with Crippen LogP contribution in [0.2, 0.25) is 0 Å². The van der Waals surface area contributed by atoms with Crippen LogP contribution in [0.15, 0.2) is 40.5 Å². The quantitative estimate of drug-likeness (QED) is 0.669. The lowest BCUT2D eigenvalue weighted by atomic mass is 10.1. The van der Waals surface area contributed by atoms with Crippen LogP contribution in [0.4, 0.5) is 0 Å². The molecule has 1 aliphatic heterocycles. The molecule has 2 amide bonds. The summed E-state index contributed by atoms with van der Waals surface area (Å²) in [4.78, 5) is 53.1. The van der Waals surface area contributed by atoms with Crippen molar-refractivity contribution in [1.82, 2.24) is 14.9 Å². The fourth-order valence-electron chi connectivity index (χ4n) is 3.06. The average Bonchev–Trinajstić information content (AvgIpc) is 3.37. The Labute approximate surface area is 162 Å². The van der Waals surface area contributed by atoms with Crippen LogP contribution in [0.1, 0.15) is 32.3 Å². The van der Waals surface area contributed by atoms with Crippen molar-refractivity contribution in [3.05, 3.63) is 62.3 Å². The van der Waals surface area contributed by atoms with Crippen LogP contribution in [-0.2, 0) is 22.5 Å². The molecule has 3 heterocycles. The Morgan fingerprint density at radius 2 is 2.11 bits per heavy atom. The van der Waals surface area contributed by atoms with E-state index in [1.54, 1.807) is 22.1 Å². The lowest BCUT2D eigenvalue weighted by Gasteiger charge is -2.07. The minimum Gasteiger partial charge on any atom is -0.452 e. The van der Waals surface area contributed by atoms with Gasteiger partial charge >= 0.3 is 5.97 Å². The molecule has 8 nitrogen and oxygen atoms in total. The summed E-state index contributed by atoms with van der Waals surface area (Å²) in [6.45, 7) is 0.0640. The van der Waals surface area contributed by atoms with E-state index in [0.717, 1.165) is 12.8 Å². The normalized spacial score (nSPS) is 12.6. The van der Waals surface area contributed by atoms with Gasteiger partial charge in [0.15, 0.2) is 6.61 Å². The number of nitrogens with zero attached hydrogens (tertiary/aromatic N) is 2. The maximum absolute atomic E-state index is 12.4. The molecule has 0 bridgehead atoms. The van der Waals surface area contributed by atoms with Crippen LogP contribution < -0.4 is 10.9 Å². The summed E-state index contributed by atoms with van der Waals surface area (Å²) in [5.41, 5.74) is 0.480. The minimum absolute atomic E-state index is 0.121. The Bertz CT molecular complexity index is 1150. The number of fused-ring (bicyclic) bond motifs is 2. The number of thiophene rings is 1. The van der Waals surface area contributed by atoms with Crippen molar-refractivity contribution >= 4 is 40.0 Å². The summed E-state index contributed by atoms with van der Waals surface area (Å²) in [6, 6.07) is 7.75. The maximum Gasteiger partial charge on any atom is 0.338 e. The number of aryl methyl sites for hydroxylation is 1. The zero-order chi connectivity index (χ0) is 19.7. The van der Waals surface area contributed by atoms with Crippen LogP contribution >= 0.6 is 11.3 Å². The molecule has 1 aliphatic rings. The molecule has 2 aromatic heterocycles. The Morgan fingerprint density at radius 1 is 1.25 bits per heavy atom. The molecule has 0 atom stereocenters. The van der Waals surface area contributed by atoms with E-state index >= 15 is 0 Å². The lowest BCUT2D eigenvalue weighted by molar-refractivity contribution is -0.123. The molecule has 0 spiro atoms. The molecule has 0 unspecified atom stereocenters. The molecule has 0 radical (unpaired) electrons. The summed E-state index contributed by atoms with van der Waals surface area (Å²) < 4.78 is 6.62. The molecule has 3 aromatic rings. The summed E-state index contributed by atoms with van der Waals surface area (Å²) in [7, 11) is 0. The zero-order valence-corrected chi connectivity index (χ0v) is 15.5. The van der Waals surface area contributed by atoms with E-state index in [4.69, 9.17) is 4.74 Å². The van der Waals surface area contributed by atoms with Gasteiger partial charge < -0.3 is 4.74 Å². The predicted molar refractivity (Wildman–Crippen MR) is 101 cm³/mol. The third-order valence-corrected chi connectivity index (χ3v) is 5.25. The molecule has 0 saturated carbocycles. The van der Waals surface area contributed by atoms with Crippen molar-refractivity contribution in [3.63, 3.8) is 0 Å². The Hall–Kier alpha value is -3.33. The van der Waals surface area contributed by atoms with E-state index < -0.39 is 24.4 Å². The number of carbonyl (C=O) groups excluding carboxylic acids is 3. The molecule has 0 aliphatic carbocycles. The number of benzene rings is 1. The third kappa shape index (κ3) is 3.44. The number of esters is 1. The molecule has 4 rings (SSSR count). The SMILES string of the molecule is O=C(COC(=O)c1ccc2c(=O)n3c(nc2c1)CCC3)NC(=O)c1cccs1. The summed E-state index contributed by atoms with van der Waals surface area (Å²) in [6.07, 6.45) is 1.59. The van der Waals surface area contributed by atoms with Crippen molar-refractivity contribution in [2.75, 3.05) is 6.61 Å². The summed E-state index contributed by atoms with van der Waals surface area (Å²) in [5.74, 6) is -1.29. The van der Waals surface area contributed by atoms with Crippen LogP contribution in [0.5, 0.6) is 0 Å². The molecule has 28 heavy (non-hydrogen) atoms. The molecular weight excluding hydrogens is 382 g/mol. The van der Waals surface area contributed by atoms with Gasteiger partial charge in [-0.25, -0.2) is 9.78 Å². The highest BCUT2D eigenvalue weighted by Crippen LogP contribution is 2.16. The fourth-order valence-corrected chi connectivity index (χ4v) is 3.68. The largest absolute Gasteiger partial charge is 0.452 e. The van der Waals surface area contributed by atoms with Gasteiger partial charge in [-0.1, -0.05) is 6.07 Å². The summed E-state index contributed by atoms with van der Waals surface area (Å²) in [5, 5.41) is 4.30. The molecule has 1 N–H and O–H groups in total. The number of ether oxygens (including phenoxy) is 1. The van der Waals surface area contributed by atoms with Crippen molar-refractivity contribution < 1.29 is 19.1 Å². The van der Waals surface area contributed by atoms with E-state index in [9.17, 15) is 19.2 Å². The Balaban J connectivity index is 1.44. The zero-order valence-electron chi connectivity index (χ0n) is 14.6. The van der Waals surface area contributed by atoms with E-state index in [1.807, 2.05) is 0 Å². The van der Waals surface area contributed by atoms with Crippen LogP contribution in [0.25, 0.3) is 10.9 Å². The Kier molecular flexibility index (Phi) is 4.74. The number of nitrogens with one attached hydrogen (secondary N) is 1. The number of imide groups is 1. The van der Waals surface area contributed by atoms with Crippen molar-refractivity contribution in [3.8, 4) is 0 Å². The first-order valence-corrected chi connectivity index (χ1v) is 9.49. The highest BCUT2D eigenvalue weighted by Gasteiger charge is 2.18. The van der Waals surface area contributed by atoms with Gasteiger partial charge in [0.2, 0.25) is 0 Å². The predicted octanol–water partition coefficient (Wildman–Crippen LogP) is 1.52. The summed E-state index contributed by atoms with van der Waals surface area (Å²) >= 11 is 1.20. The first kappa shape index (κ1) is 18.1. The number of rotatable bonds is 4. The van der Waals surface area contributed by atoms with Gasteiger partial charge in [0.25, 0.3) is 17.4 Å². The van der Waals surface area contributed by atoms with E-state index in [-0.39, 0.29) is 11.1 Å². The van der Waals surface area contributed by atoms with Crippen molar-refractivity contribution in [2.45, 2.75) is 19.4 Å². The van der Waals surface area contributed by atoms with Gasteiger partial charge in [-0.2, -0.15) is 0 Å². The van der Waals surface area contributed by atoms with Crippen molar-refractivity contribution in [2.24, 2.45) is 0 Å². The number of aromatic nitrogens is 2. The third-order valence-electron chi connectivity index (χ3n) is 4.38. The molecule has 0 saturated heterocycles. The highest BCUT2D eigenvalue weighted by atomic mass is 32.1. The molecule has 9 heteroatoms. The van der Waals surface area contributed by atoms with Crippen LogP contribution in [-0.4, -0.2) is 33.9 Å². The second-order valence-electron chi connectivity index (χ2n) is 6.25. The lowest BCUT2D eigenvalue weighted by Crippen LogP contribution is -2.33. The standard InChI is InChI=1S/C19H15N3O5S/c23-16(21-17(24)14-3-2-8-28-14)10-27-19(26)11-5-6-12-13(9-11)20-15-4-1-7-22(15)18(12)25/h2-3,5-6,8-9H,1,4,7,10H2,(H,21,23,24). The van der Waals surface area contributed by atoms with Crippen LogP contribution in [0, 0.1) is 0 Å². The first-order valence-electron chi connectivity index (χ1n) is 8.61. The van der Waals surface area contributed by atoms with Crippen LogP contribution in [0.3, 0.4) is 0 Å². The number of amides is 2. The average molecular weight is 397 g/mol. The van der Waals surface area contributed by atoms with Crippen molar-refractivity contribution in [1.29, 1.82) is 0 Å². The molecule has 142 valence electrons. The Morgan fingerprint density at radius 3 is 2.89 bits per heavy atom. The van der Waals surface area contributed by atoms with Gasteiger partial charge in [0.05, 0.1) is 21.3 Å². The first-order chi connectivity index (χ1) is 13.5. The maximum atomic E-state index is 12.4. The number of hydrogen-bond donors (Lipinski definition) is 1. The van der Waals surface area contributed by atoms with Gasteiger partial charge in [-0.05, 0) is 36.1 Å². The second-order valence-corrected chi connectivity index (χ2v) is 7.20. The topological polar surface area (TPSA) is 107 Å². The molecule has 0 fully saturated rings. The fraction of sp³-hybridized carbons (Fsp3) is 0.211. The number of hydrogen-bond acceptors (Lipinski definition) is 7. The monoisotopic (exact) mass is 397 g/mol. The number of carbonyl (C=O) groups is 3. The molecule has 1 aromatic carbocycles. The van der Waals surface area contributed by atoms with Gasteiger partial charge in [-0.15, -0.1) is 11.3 Å². The van der Waals surface area contributed by atoms with E-state index in [1.165, 1.54) is 29.5 Å². The van der Waals surface area contributed by atoms with Gasteiger partial charge in [-0.3, -0.25) is 24.3 Å². The van der Waals surface area contributed by atoms with E-state index in [0.29, 0.717) is 28.1 Å². The van der Waals surface area contributed by atoms with Gasteiger partial charge in [0, 0.05) is 13.0 Å². The van der Waals surface area contributed by atoms with Gasteiger partial charge in [0.1, 0.15) is 5.82 Å². The smallest absolute Gasteiger partial charge is 0.338 e. The highest BCUT2D eigenvalue weighted by molar-refractivity contribution is 7.12.